The Labute approximate surface area is 80.0 Å². The van der Waals surface area contributed by atoms with E-state index < -0.39 is 0 Å². The van der Waals surface area contributed by atoms with Crippen LogP contribution in [0.1, 0.15) is 20.3 Å². The number of rotatable bonds is 1. The lowest BCUT2D eigenvalue weighted by molar-refractivity contribution is -0.178. The van der Waals surface area contributed by atoms with Gasteiger partial charge < -0.3 is 9.47 Å². The quantitative estimate of drug-likeness (QED) is 0.605. The Hall–Kier alpha value is -0.120. The van der Waals surface area contributed by atoms with Crippen LogP contribution < -0.4 is 0 Å². The zero-order valence-electron chi connectivity index (χ0n) is 8.58. The van der Waals surface area contributed by atoms with Crippen LogP contribution >= 0.6 is 0 Å². The van der Waals surface area contributed by atoms with E-state index in [2.05, 4.69) is 18.7 Å². The lowest BCUT2D eigenvalue weighted by Gasteiger charge is -2.43. The first-order valence-electron chi connectivity index (χ1n) is 5.18. The van der Waals surface area contributed by atoms with Gasteiger partial charge in [0.15, 0.2) is 0 Å². The van der Waals surface area contributed by atoms with E-state index in [0.29, 0.717) is 6.04 Å². The van der Waals surface area contributed by atoms with Crippen LogP contribution in [0, 0.1) is 0 Å². The van der Waals surface area contributed by atoms with E-state index in [-0.39, 0.29) is 5.60 Å². The van der Waals surface area contributed by atoms with Crippen molar-refractivity contribution in [1.29, 1.82) is 0 Å². The van der Waals surface area contributed by atoms with Crippen molar-refractivity contribution in [3.05, 3.63) is 0 Å². The molecule has 1 unspecified atom stereocenters. The fourth-order valence-corrected chi connectivity index (χ4v) is 2.00. The summed E-state index contributed by atoms with van der Waals surface area (Å²) in [6.45, 7) is 9.11. The molecule has 76 valence electrons. The van der Waals surface area contributed by atoms with Gasteiger partial charge in [-0.3, -0.25) is 4.90 Å². The fraction of sp³-hybridized carbons (Fsp3) is 1.00. The van der Waals surface area contributed by atoms with Crippen LogP contribution in [0.5, 0.6) is 0 Å². The molecule has 2 aliphatic rings. The number of hydrogen-bond acceptors (Lipinski definition) is 3. The molecule has 3 heteroatoms. The molecule has 0 aromatic rings. The smallest absolute Gasteiger partial charge is 0.106 e. The summed E-state index contributed by atoms with van der Waals surface area (Å²) in [6, 6.07) is 0.600. The minimum absolute atomic E-state index is 0.0424. The van der Waals surface area contributed by atoms with Gasteiger partial charge in [-0.2, -0.15) is 0 Å². The van der Waals surface area contributed by atoms with Crippen molar-refractivity contribution < 1.29 is 9.47 Å². The molecule has 2 rings (SSSR count). The van der Waals surface area contributed by atoms with E-state index in [1.807, 2.05) is 0 Å². The first-order valence-corrected chi connectivity index (χ1v) is 5.18. The van der Waals surface area contributed by atoms with Crippen LogP contribution in [-0.4, -0.2) is 49.5 Å². The molecule has 0 radical (unpaired) electrons. The molecule has 0 aromatic carbocycles. The molecule has 1 atom stereocenters. The molecule has 0 saturated carbocycles. The largest absolute Gasteiger partial charge is 0.377 e. The maximum atomic E-state index is 5.65. The highest BCUT2D eigenvalue weighted by atomic mass is 16.6. The maximum absolute atomic E-state index is 5.65. The van der Waals surface area contributed by atoms with Gasteiger partial charge in [-0.05, 0) is 13.8 Å². The van der Waals surface area contributed by atoms with Gasteiger partial charge in [0.2, 0.25) is 0 Å². The lowest BCUT2D eigenvalue weighted by atomic mass is 9.95. The van der Waals surface area contributed by atoms with E-state index in [1.54, 1.807) is 0 Å². The molecule has 0 aliphatic carbocycles. The Balaban J connectivity index is 1.98. The molecule has 0 bridgehead atoms. The molecule has 2 saturated heterocycles. The molecule has 13 heavy (non-hydrogen) atoms. The average Bonchev–Trinajstić information content (AvgIpc) is 2.24. The van der Waals surface area contributed by atoms with Crippen molar-refractivity contribution in [2.75, 3.05) is 32.9 Å². The van der Waals surface area contributed by atoms with Crippen molar-refractivity contribution in [1.82, 2.24) is 4.90 Å². The standard InChI is InChI=1S/C10H19NO2/c1-9(2)11-4-6-12-8-10(7-11)3-5-13-10/h9H,3-8H2,1-2H3. The molecule has 0 aromatic heterocycles. The first-order chi connectivity index (χ1) is 6.22. The molecule has 2 heterocycles. The monoisotopic (exact) mass is 185 g/mol. The Morgan fingerprint density at radius 2 is 2.08 bits per heavy atom. The molecule has 2 aliphatic heterocycles. The van der Waals surface area contributed by atoms with Crippen LogP contribution in [0.4, 0.5) is 0 Å². The molecular formula is C10H19NO2. The Kier molecular flexibility index (Phi) is 2.58. The van der Waals surface area contributed by atoms with Gasteiger partial charge in [0, 0.05) is 25.6 Å². The predicted molar refractivity (Wildman–Crippen MR) is 50.8 cm³/mol. The van der Waals surface area contributed by atoms with Gasteiger partial charge in [0.05, 0.1) is 19.8 Å². The zero-order valence-corrected chi connectivity index (χ0v) is 8.58. The SMILES string of the molecule is CC(C)N1CCOCC2(CCO2)C1. The summed E-state index contributed by atoms with van der Waals surface area (Å²) in [5, 5.41) is 0. The van der Waals surface area contributed by atoms with Crippen LogP contribution in [0.2, 0.25) is 0 Å². The molecule has 3 nitrogen and oxygen atoms in total. The van der Waals surface area contributed by atoms with E-state index in [9.17, 15) is 0 Å². The summed E-state index contributed by atoms with van der Waals surface area (Å²) in [6.07, 6.45) is 1.16. The number of nitrogens with zero attached hydrogens (tertiary/aromatic N) is 1. The molecule has 1 spiro atoms. The van der Waals surface area contributed by atoms with Crippen molar-refractivity contribution >= 4 is 0 Å². The van der Waals surface area contributed by atoms with Gasteiger partial charge in [0.25, 0.3) is 0 Å². The van der Waals surface area contributed by atoms with Crippen molar-refractivity contribution in [2.45, 2.75) is 31.9 Å². The predicted octanol–water partition coefficient (Wildman–Crippen LogP) is 0.886. The molecule has 0 amide bonds. The van der Waals surface area contributed by atoms with Crippen molar-refractivity contribution in [2.24, 2.45) is 0 Å². The number of hydrogen-bond donors (Lipinski definition) is 0. The minimum Gasteiger partial charge on any atom is -0.377 e. The lowest BCUT2D eigenvalue weighted by Crippen LogP contribution is -2.55. The highest BCUT2D eigenvalue weighted by Crippen LogP contribution is 2.29. The van der Waals surface area contributed by atoms with Crippen LogP contribution in [0.25, 0.3) is 0 Å². The van der Waals surface area contributed by atoms with Gasteiger partial charge in [-0.25, -0.2) is 0 Å². The normalized spacial score (nSPS) is 36.2. The summed E-state index contributed by atoms with van der Waals surface area (Å²) in [5.41, 5.74) is 0.0424. The van der Waals surface area contributed by atoms with Gasteiger partial charge in [-0.1, -0.05) is 0 Å². The topological polar surface area (TPSA) is 21.7 Å². The van der Waals surface area contributed by atoms with Crippen LogP contribution in [0.3, 0.4) is 0 Å². The molecule has 0 N–H and O–H groups in total. The Morgan fingerprint density at radius 1 is 1.31 bits per heavy atom. The summed E-state index contributed by atoms with van der Waals surface area (Å²) in [5.74, 6) is 0. The number of ether oxygens (including phenoxy) is 2. The Bertz CT molecular complexity index is 178. The van der Waals surface area contributed by atoms with Gasteiger partial charge >= 0.3 is 0 Å². The second-order valence-electron chi connectivity index (χ2n) is 4.40. The van der Waals surface area contributed by atoms with Crippen molar-refractivity contribution in [3.8, 4) is 0 Å². The second-order valence-corrected chi connectivity index (χ2v) is 4.40. The molecule has 2 fully saturated rings. The van der Waals surface area contributed by atoms with E-state index >= 15 is 0 Å². The summed E-state index contributed by atoms with van der Waals surface area (Å²) < 4.78 is 11.2. The highest BCUT2D eigenvalue weighted by molar-refractivity contribution is 4.92. The highest BCUT2D eigenvalue weighted by Gasteiger charge is 2.42. The first kappa shape index (κ1) is 9.44. The third-order valence-corrected chi connectivity index (χ3v) is 3.08. The van der Waals surface area contributed by atoms with Crippen molar-refractivity contribution in [3.63, 3.8) is 0 Å². The third kappa shape index (κ3) is 1.87. The van der Waals surface area contributed by atoms with E-state index in [0.717, 1.165) is 39.3 Å². The average molecular weight is 185 g/mol. The van der Waals surface area contributed by atoms with Crippen LogP contribution in [0.15, 0.2) is 0 Å². The summed E-state index contributed by atoms with van der Waals surface area (Å²) >= 11 is 0. The molecular weight excluding hydrogens is 166 g/mol. The Morgan fingerprint density at radius 3 is 2.62 bits per heavy atom. The van der Waals surface area contributed by atoms with Gasteiger partial charge in [0.1, 0.15) is 5.60 Å². The summed E-state index contributed by atoms with van der Waals surface area (Å²) in [7, 11) is 0. The van der Waals surface area contributed by atoms with Crippen LogP contribution in [-0.2, 0) is 9.47 Å². The zero-order chi connectivity index (χ0) is 9.31. The second kappa shape index (κ2) is 3.56. The maximum Gasteiger partial charge on any atom is 0.106 e. The van der Waals surface area contributed by atoms with E-state index in [1.165, 1.54) is 0 Å². The minimum atomic E-state index is 0.0424. The fourth-order valence-electron chi connectivity index (χ4n) is 2.00. The van der Waals surface area contributed by atoms with Gasteiger partial charge in [-0.15, -0.1) is 0 Å². The van der Waals surface area contributed by atoms with E-state index in [4.69, 9.17) is 9.47 Å². The summed E-state index contributed by atoms with van der Waals surface area (Å²) in [4.78, 5) is 2.45. The third-order valence-electron chi connectivity index (χ3n) is 3.08.